The lowest BCUT2D eigenvalue weighted by molar-refractivity contribution is 0.0761. The van der Waals surface area contributed by atoms with Crippen LogP contribution in [0.2, 0.25) is 0 Å². The van der Waals surface area contributed by atoms with Crippen molar-refractivity contribution in [1.29, 1.82) is 0 Å². The van der Waals surface area contributed by atoms with Gasteiger partial charge in [-0.2, -0.15) is 0 Å². The van der Waals surface area contributed by atoms with Gasteiger partial charge in [0.2, 0.25) is 5.43 Å². The maximum Gasteiger partial charge on any atom is 0.261 e. The van der Waals surface area contributed by atoms with Gasteiger partial charge in [-0.15, -0.1) is 0 Å². The molecule has 0 fully saturated rings. The number of hydrogen-bond donors (Lipinski definition) is 2. The molecule has 0 unspecified atom stereocenters. The first-order valence-electron chi connectivity index (χ1n) is 11.3. The number of fused-ring (bicyclic) bond motifs is 1. The van der Waals surface area contributed by atoms with Crippen LogP contribution in [0.25, 0.3) is 10.9 Å². The number of benzene rings is 2. The van der Waals surface area contributed by atoms with Crippen molar-refractivity contribution in [3.05, 3.63) is 70.0 Å². The van der Waals surface area contributed by atoms with Gasteiger partial charge in [0.15, 0.2) is 0 Å². The summed E-state index contributed by atoms with van der Waals surface area (Å²) in [5.74, 6) is -0.0175. The zero-order chi connectivity index (χ0) is 24.2. The SMILES string of the molecule is CCCCN(CC)C(=O)c1c[nH]c2ccc(S(=O)(=O)Nc3ccc(C(C)C)cc3)cc2c1=O. The van der Waals surface area contributed by atoms with E-state index in [0.29, 0.717) is 30.2 Å². The van der Waals surface area contributed by atoms with Crippen LogP contribution in [0.15, 0.2) is 58.4 Å². The number of unbranched alkanes of at least 4 members (excludes halogenated alkanes) is 1. The predicted octanol–water partition coefficient (Wildman–Crippen LogP) is 4.71. The molecule has 0 aliphatic heterocycles. The molecule has 0 atom stereocenters. The molecule has 1 aromatic heterocycles. The van der Waals surface area contributed by atoms with E-state index in [-0.39, 0.29) is 21.8 Å². The Bertz CT molecular complexity index is 1300. The Hall–Kier alpha value is -3.13. The van der Waals surface area contributed by atoms with Crippen LogP contribution in [0.4, 0.5) is 5.69 Å². The molecule has 0 saturated carbocycles. The molecule has 1 heterocycles. The summed E-state index contributed by atoms with van der Waals surface area (Å²) in [6, 6.07) is 11.5. The second-order valence-corrected chi connectivity index (χ2v) is 10.0. The van der Waals surface area contributed by atoms with Crippen LogP contribution in [0.3, 0.4) is 0 Å². The summed E-state index contributed by atoms with van der Waals surface area (Å²) >= 11 is 0. The van der Waals surface area contributed by atoms with Crippen LogP contribution >= 0.6 is 0 Å². The summed E-state index contributed by atoms with van der Waals surface area (Å²) < 4.78 is 28.5. The maximum absolute atomic E-state index is 13.1. The lowest BCUT2D eigenvalue weighted by Gasteiger charge is -2.20. The van der Waals surface area contributed by atoms with Crippen LogP contribution in [-0.2, 0) is 10.0 Å². The molecule has 33 heavy (non-hydrogen) atoms. The summed E-state index contributed by atoms with van der Waals surface area (Å²) in [4.78, 5) is 30.6. The zero-order valence-electron chi connectivity index (χ0n) is 19.5. The summed E-state index contributed by atoms with van der Waals surface area (Å²) in [6.45, 7) is 9.09. The highest BCUT2D eigenvalue weighted by Gasteiger charge is 2.21. The third kappa shape index (κ3) is 5.45. The standard InChI is InChI=1S/C25H31N3O4S/c1-5-7-14-28(6-2)25(30)22-16-26-23-13-12-20(15-21(23)24(22)29)33(31,32)27-19-10-8-18(9-11-19)17(3)4/h8-13,15-17,27H,5-7,14H2,1-4H3,(H,26,29). The van der Waals surface area contributed by atoms with Gasteiger partial charge in [0.1, 0.15) is 5.56 Å². The van der Waals surface area contributed by atoms with Crippen LogP contribution in [-0.4, -0.2) is 37.3 Å². The first kappa shape index (κ1) is 24.5. The Morgan fingerprint density at radius 3 is 2.39 bits per heavy atom. The number of pyridine rings is 1. The number of hydrogen-bond acceptors (Lipinski definition) is 4. The molecule has 2 N–H and O–H groups in total. The van der Waals surface area contributed by atoms with Crippen LogP contribution in [0.1, 0.15) is 62.4 Å². The van der Waals surface area contributed by atoms with E-state index in [0.717, 1.165) is 18.4 Å². The fraction of sp³-hybridized carbons (Fsp3) is 0.360. The molecule has 0 radical (unpaired) electrons. The molecule has 1 amide bonds. The number of carbonyl (C=O) groups excluding carboxylic acids is 1. The topological polar surface area (TPSA) is 99.3 Å². The van der Waals surface area contributed by atoms with E-state index in [2.05, 4.69) is 23.6 Å². The van der Waals surface area contributed by atoms with E-state index in [4.69, 9.17) is 0 Å². The van der Waals surface area contributed by atoms with Crippen molar-refractivity contribution in [2.45, 2.75) is 51.3 Å². The van der Waals surface area contributed by atoms with E-state index < -0.39 is 15.5 Å². The first-order valence-corrected chi connectivity index (χ1v) is 12.7. The lowest BCUT2D eigenvalue weighted by Crippen LogP contribution is -2.35. The molecular formula is C25H31N3O4S. The monoisotopic (exact) mass is 469 g/mol. The molecule has 0 aliphatic rings. The van der Waals surface area contributed by atoms with Gasteiger partial charge >= 0.3 is 0 Å². The molecule has 3 rings (SSSR count). The fourth-order valence-electron chi connectivity index (χ4n) is 3.60. The number of aromatic amines is 1. The molecule has 0 saturated heterocycles. The number of nitrogens with one attached hydrogen (secondary N) is 2. The minimum absolute atomic E-state index is 0.00670. The lowest BCUT2D eigenvalue weighted by atomic mass is 10.0. The highest BCUT2D eigenvalue weighted by Crippen LogP contribution is 2.22. The first-order chi connectivity index (χ1) is 15.7. The van der Waals surface area contributed by atoms with Gasteiger partial charge in [-0.3, -0.25) is 14.3 Å². The highest BCUT2D eigenvalue weighted by molar-refractivity contribution is 7.92. The molecule has 0 aliphatic carbocycles. The molecular weight excluding hydrogens is 438 g/mol. The van der Waals surface area contributed by atoms with E-state index in [1.54, 1.807) is 17.0 Å². The Balaban J connectivity index is 1.95. The van der Waals surface area contributed by atoms with E-state index in [9.17, 15) is 18.0 Å². The van der Waals surface area contributed by atoms with Crippen molar-refractivity contribution >= 4 is 32.5 Å². The van der Waals surface area contributed by atoms with Crippen molar-refractivity contribution in [2.75, 3.05) is 17.8 Å². The van der Waals surface area contributed by atoms with E-state index >= 15 is 0 Å². The second-order valence-electron chi connectivity index (χ2n) is 8.36. The average molecular weight is 470 g/mol. The molecule has 7 nitrogen and oxygen atoms in total. The molecule has 176 valence electrons. The normalized spacial score (nSPS) is 11.7. The minimum Gasteiger partial charge on any atom is -0.360 e. The summed E-state index contributed by atoms with van der Waals surface area (Å²) in [7, 11) is -3.92. The van der Waals surface area contributed by atoms with Crippen LogP contribution < -0.4 is 10.2 Å². The molecule has 0 bridgehead atoms. The molecule has 8 heteroatoms. The average Bonchev–Trinajstić information content (AvgIpc) is 2.79. The fourth-order valence-corrected chi connectivity index (χ4v) is 4.68. The number of rotatable bonds is 9. The molecule has 2 aromatic carbocycles. The molecule has 3 aromatic rings. The Labute approximate surface area is 194 Å². The third-order valence-corrected chi connectivity index (χ3v) is 7.05. The predicted molar refractivity (Wildman–Crippen MR) is 132 cm³/mol. The molecule has 0 spiro atoms. The Kier molecular flexibility index (Phi) is 7.58. The van der Waals surface area contributed by atoms with Crippen LogP contribution in [0.5, 0.6) is 0 Å². The van der Waals surface area contributed by atoms with Crippen molar-refractivity contribution in [3.8, 4) is 0 Å². The van der Waals surface area contributed by atoms with Crippen molar-refractivity contribution in [2.24, 2.45) is 0 Å². The Morgan fingerprint density at radius 1 is 1.09 bits per heavy atom. The maximum atomic E-state index is 13.1. The van der Waals surface area contributed by atoms with Gasteiger partial charge in [0.05, 0.1) is 4.90 Å². The van der Waals surface area contributed by atoms with Gasteiger partial charge in [-0.25, -0.2) is 8.42 Å². The van der Waals surface area contributed by atoms with Gasteiger partial charge in [-0.1, -0.05) is 39.3 Å². The van der Waals surface area contributed by atoms with E-state index in [1.165, 1.54) is 24.4 Å². The summed E-state index contributed by atoms with van der Waals surface area (Å²) in [5, 5.41) is 0.158. The number of carbonyl (C=O) groups is 1. The van der Waals surface area contributed by atoms with Gasteiger partial charge < -0.3 is 9.88 Å². The summed E-state index contributed by atoms with van der Waals surface area (Å²) in [6.07, 6.45) is 3.19. The highest BCUT2D eigenvalue weighted by atomic mass is 32.2. The number of anilines is 1. The van der Waals surface area contributed by atoms with Gasteiger partial charge in [0, 0.05) is 35.9 Å². The number of aromatic nitrogens is 1. The van der Waals surface area contributed by atoms with Gasteiger partial charge in [-0.05, 0) is 55.2 Å². The largest absolute Gasteiger partial charge is 0.360 e. The Morgan fingerprint density at radius 2 is 1.79 bits per heavy atom. The zero-order valence-corrected chi connectivity index (χ0v) is 20.3. The van der Waals surface area contributed by atoms with Crippen LogP contribution in [0, 0.1) is 0 Å². The smallest absolute Gasteiger partial charge is 0.261 e. The van der Waals surface area contributed by atoms with Gasteiger partial charge in [0.25, 0.3) is 15.9 Å². The number of nitrogens with zero attached hydrogens (tertiary/aromatic N) is 1. The number of amides is 1. The number of sulfonamides is 1. The van der Waals surface area contributed by atoms with Crippen molar-refractivity contribution < 1.29 is 13.2 Å². The van der Waals surface area contributed by atoms with Crippen molar-refractivity contribution in [1.82, 2.24) is 9.88 Å². The number of H-pyrrole nitrogens is 1. The second kappa shape index (κ2) is 10.2. The quantitative estimate of drug-likeness (QED) is 0.474. The van der Waals surface area contributed by atoms with E-state index in [1.807, 2.05) is 26.0 Å². The minimum atomic E-state index is -3.92. The summed E-state index contributed by atoms with van der Waals surface area (Å²) in [5.41, 5.74) is 1.53. The third-order valence-electron chi connectivity index (χ3n) is 5.67. The van der Waals surface area contributed by atoms with Crippen molar-refractivity contribution in [3.63, 3.8) is 0 Å².